The summed E-state index contributed by atoms with van der Waals surface area (Å²) in [5, 5.41) is 1.24. The molecule has 2 aromatic heterocycles. The van der Waals surface area contributed by atoms with Crippen LogP contribution in [0.1, 0.15) is 5.56 Å². The molecular formula is C14H13N3. The molecule has 3 rings (SSSR count). The topological polar surface area (TPSA) is 54.7 Å². The van der Waals surface area contributed by atoms with Gasteiger partial charge in [-0.05, 0) is 36.8 Å². The van der Waals surface area contributed by atoms with Gasteiger partial charge < -0.3 is 10.7 Å². The van der Waals surface area contributed by atoms with Crippen LogP contribution in [0.3, 0.4) is 0 Å². The Labute approximate surface area is 99.3 Å². The summed E-state index contributed by atoms with van der Waals surface area (Å²) >= 11 is 0. The lowest BCUT2D eigenvalue weighted by Crippen LogP contribution is -1.87. The summed E-state index contributed by atoms with van der Waals surface area (Å²) in [6, 6.07) is 12.1. The van der Waals surface area contributed by atoms with E-state index in [1.807, 2.05) is 18.2 Å². The van der Waals surface area contributed by atoms with E-state index in [1.165, 1.54) is 10.9 Å². The maximum Gasteiger partial charge on any atom is 0.0866 e. The number of hydrogen-bond acceptors (Lipinski definition) is 2. The van der Waals surface area contributed by atoms with Crippen molar-refractivity contribution in [2.75, 3.05) is 5.73 Å². The Morgan fingerprint density at radius 3 is 2.76 bits per heavy atom. The number of fused-ring (bicyclic) bond motifs is 1. The van der Waals surface area contributed by atoms with E-state index in [-0.39, 0.29) is 0 Å². The van der Waals surface area contributed by atoms with Gasteiger partial charge >= 0.3 is 0 Å². The summed E-state index contributed by atoms with van der Waals surface area (Å²) in [4.78, 5) is 7.69. The van der Waals surface area contributed by atoms with Crippen molar-refractivity contribution in [3.05, 3.63) is 48.2 Å². The molecule has 17 heavy (non-hydrogen) atoms. The molecule has 3 heteroatoms. The quantitative estimate of drug-likeness (QED) is 0.666. The van der Waals surface area contributed by atoms with Crippen LogP contribution < -0.4 is 5.73 Å². The van der Waals surface area contributed by atoms with E-state index in [1.54, 1.807) is 6.20 Å². The summed E-state index contributed by atoms with van der Waals surface area (Å²) in [7, 11) is 0. The van der Waals surface area contributed by atoms with Crippen molar-refractivity contribution >= 4 is 16.6 Å². The molecule has 3 N–H and O–H groups in total. The molecule has 0 saturated carbocycles. The van der Waals surface area contributed by atoms with Gasteiger partial charge in [0.05, 0.1) is 23.3 Å². The third kappa shape index (κ3) is 1.65. The molecule has 0 unspecified atom stereocenters. The largest absolute Gasteiger partial charge is 0.397 e. The van der Waals surface area contributed by atoms with Gasteiger partial charge in [0.2, 0.25) is 0 Å². The molecule has 0 radical (unpaired) electrons. The van der Waals surface area contributed by atoms with Crippen molar-refractivity contribution in [1.29, 1.82) is 0 Å². The molecule has 0 spiro atoms. The van der Waals surface area contributed by atoms with Crippen LogP contribution in [0, 0.1) is 6.92 Å². The molecule has 0 aliphatic carbocycles. The average Bonchev–Trinajstić information content (AvgIpc) is 2.75. The number of pyridine rings is 1. The highest BCUT2D eigenvalue weighted by molar-refractivity contribution is 5.87. The van der Waals surface area contributed by atoms with E-state index >= 15 is 0 Å². The van der Waals surface area contributed by atoms with E-state index < -0.39 is 0 Å². The van der Waals surface area contributed by atoms with Crippen LogP contribution in [0.25, 0.3) is 22.3 Å². The number of rotatable bonds is 1. The second-order valence-corrected chi connectivity index (χ2v) is 4.20. The summed E-state index contributed by atoms with van der Waals surface area (Å²) < 4.78 is 0. The minimum atomic E-state index is 0.682. The fraction of sp³-hybridized carbons (Fsp3) is 0.0714. The molecule has 0 amide bonds. The fourth-order valence-electron chi connectivity index (χ4n) is 2.01. The third-order valence-corrected chi connectivity index (χ3v) is 2.94. The number of hydrogen-bond donors (Lipinski definition) is 2. The molecular weight excluding hydrogens is 210 g/mol. The molecule has 3 nitrogen and oxygen atoms in total. The van der Waals surface area contributed by atoms with Gasteiger partial charge in [0.15, 0.2) is 0 Å². The van der Waals surface area contributed by atoms with Gasteiger partial charge in [-0.2, -0.15) is 0 Å². The van der Waals surface area contributed by atoms with Gasteiger partial charge in [0, 0.05) is 10.9 Å². The van der Waals surface area contributed by atoms with Crippen LogP contribution in [0.2, 0.25) is 0 Å². The highest BCUT2D eigenvalue weighted by Gasteiger charge is 2.05. The zero-order chi connectivity index (χ0) is 11.8. The molecule has 0 saturated heterocycles. The highest BCUT2D eigenvalue weighted by Crippen LogP contribution is 2.25. The van der Waals surface area contributed by atoms with Crippen molar-refractivity contribution in [3.8, 4) is 11.4 Å². The Hall–Kier alpha value is -2.29. The van der Waals surface area contributed by atoms with Gasteiger partial charge in [-0.15, -0.1) is 0 Å². The number of aromatic amines is 1. The number of benzene rings is 1. The van der Waals surface area contributed by atoms with Crippen LogP contribution in [-0.2, 0) is 0 Å². The molecule has 1 aromatic carbocycles. The minimum Gasteiger partial charge on any atom is -0.397 e. The molecule has 2 heterocycles. The lowest BCUT2D eigenvalue weighted by molar-refractivity contribution is 1.29. The predicted molar refractivity (Wildman–Crippen MR) is 70.7 cm³/mol. The third-order valence-electron chi connectivity index (χ3n) is 2.94. The van der Waals surface area contributed by atoms with Crippen LogP contribution in [0.5, 0.6) is 0 Å². The van der Waals surface area contributed by atoms with E-state index in [0.29, 0.717) is 5.69 Å². The van der Waals surface area contributed by atoms with Crippen molar-refractivity contribution in [3.63, 3.8) is 0 Å². The highest BCUT2D eigenvalue weighted by atomic mass is 14.8. The molecule has 0 fully saturated rings. The predicted octanol–water partition coefficient (Wildman–Crippen LogP) is 3.12. The molecule has 0 aliphatic rings. The summed E-state index contributed by atoms with van der Waals surface area (Å²) in [6.07, 6.45) is 1.67. The first kappa shape index (κ1) is 9.90. The van der Waals surface area contributed by atoms with E-state index in [9.17, 15) is 0 Å². The first-order chi connectivity index (χ1) is 8.24. The van der Waals surface area contributed by atoms with Gasteiger partial charge in [-0.25, -0.2) is 0 Å². The second kappa shape index (κ2) is 3.63. The Morgan fingerprint density at radius 2 is 2.06 bits per heavy atom. The number of nitrogens with one attached hydrogen (secondary N) is 1. The average molecular weight is 223 g/mol. The zero-order valence-corrected chi connectivity index (χ0v) is 9.57. The minimum absolute atomic E-state index is 0.682. The van der Waals surface area contributed by atoms with Crippen molar-refractivity contribution in [1.82, 2.24) is 9.97 Å². The lowest BCUT2D eigenvalue weighted by Gasteiger charge is -1.96. The van der Waals surface area contributed by atoms with E-state index in [4.69, 9.17) is 5.73 Å². The number of anilines is 1. The van der Waals surface area contributed by atoms with Crippen molar-refractivity contribution in [2.24, 2.45) is 0 Å². The normalized spacial score (nSPS) is 10.9. The fourth-order valence-corrected chi connectivity index (χ4v) is 2.01. The summed E-state index contributed by atoms with van der Waals surface area (Å²) in [5.74, 6) is 0. The molecule has 0 bridgehead atoms. The van der Waals surface area contributed by atoms with E-state index in [2.05, 4.69) is 35.1 Å². The lowest BCUT2D eigenvalue weighted by atomic mass is 10.1. The zero-order valence-electron chi connectivity index (χ0n) is 9.57. The number of nitrogen functional groups attached to an aromatic ring is 1. The molecule has 3 aromatic rings. The number of aromatic nitrogens is 2. The molecule has 0 atom stereocenters. The smallest absolute Gasteiger partial charge is 0.0866 e. The number of H-pyrrole nitrogens is 1. The SMILES string of the molecule is Cc1cccc2[nH]c(-c3ccc(N)cn3)cc12. The van der Waals surface area contributed by atoms with Gasteiger partial charge in [0.1, 0.15) is 0 Å². The van der Waals surface area contributed by atoms with Crippen LogP contribution >= 0.6 is 0 Å². The maximum atomic E-state index is 5.63. The van der Waals surface area contributed by atoms with Gasteiger partial charge in [-0.1, -0.05) is 12.1 Å². The Kier molecular flexibility index (Phi) is 2.11. The first-order valence-electron chi connectivity index (χ1n) is 5.54. The van der Waals surface area contributed by atoms with E-state index in [0.717, 1.165) is 16.9 Å². The summed E-state index contributed by atoms with van der Waals surface area (Å²) in [6.45, 7) is 2.11. The van der Waals surface area contributed by atoms with Gasteiger partial charge in [0.25, 0.3) is 0 Å². The maximum absolute atomic E-state index is 5.63. The Bertz CT molecular complexity index is 666. The number of nitrogens with two attached hydrogens (primary N) is 1. The Morgan fingerprint density at radius 1 is 1.18 bits per heavy atom. The van der Waals surface area contributed by atoms with Crippen molar-refractivity contribution < 1.29 is 0 Å². The monoisotopic (exact) mass is 223 g/mol. The summed E-state index contributed by atoms with van der Waals surface area (Å²) in [5.41, 5.74) is 10.6. The van der Waals surface area contributed by atoms with Crippen LogP contribution in [-0.4, -0.2) is 9.97 Å². The van der Waals surface area contributed by atoms with Crippen LogP contribution in [0.15, 0.2) is 42.6 Å². The first-order valence-corrected chi connectivity index (χ1v) is 5.54. The molecule has 0 aliphatic heterocycles. The van der Waals surface area contributed by atoms with Crippen molar-refractivity contribution in [2.45, 2.75) is 6.92 Å². The second-order valence-electron chi connectivity index (χ2n) is 4.20. The Balaban J connectivity index is 2.18. The molecule has 84 valence electrons. The number of nitrogens with zero attached hydrogens (tertiary/aromatic N) is 1. The van der Waals surface area contributed by atoms with Gasteiger partial charge in [-0.3, -0.25) is 4.98 Å². The number of aryl methyl sites for hydroxylation is 1. The standard InChI is InChI=1S/C14H13N3/c1-9-3-2-4-12-11(9)7-14(17-12)13-6-5-10(15)8-16-13/h2-8,17H,15H2,1H3. The van der Waals surface area contributed by atoms with Crippen LogP contribution in [0.4, 0.5) is 5.69 Å².